The zero-order valence-corrected chi connectivity index (χ0v) is 19.3. The summed E-state index contributed by atoms with van der Waals surface area (Å²) < 4.78 is 65.4. The average molecular weight is 491 g/mol. The first-order chi connectivity index (χ1) is 14.5. The molecule has 1 aliphatic rings. The van der Waals surface area contributed by atoms with E-state index in [0.717, 1.165) is 49.7 Å². The molecule has 1 fully saturated rings. The molecular formula is C21H26ClF3N4O2S. The number of hydrogen-bond acceptors (Lipinski definition) is 5. The van der Waals surface area contributed by atoms with Crippen LogP contribution in [0.1, 0.15) is 19.4 Å². The largest absolute Gasteiger partial charge is 0.416 e. The van der Waals surface area contributed by atoms with Crippen LogP contribution < -0.4 is 9.62 Å². The maximum atomic E-state index is 12.7. The van der Waals surface area contributed by atoms with Crippen molar-refractivity contribution >= 4 is 33.9 Å². The van der Waals surface area contributed by atoms with E-state index in [1.807, 2.05) is 6.08 Å². The van der Waals surface area contributed by atoms with E-state index in [0.29, 0.717) is 12.1 Å². The number of anilines is 2. The van der Waals surface area contributed by atoms with Crippen LogP contribution in [0.25, 0.3) is 0 Å². The van der Waals surface area contributed by atoms with Crippen molar-refractivity contribution in [2.75, 3.05) is 29.3 Å². The Bertz CT molecular complexity index is 1000. The normalized spacial score (nSPS) is 19.8. The molecule has 0 spiro atoms. The van der Waals surface area contributed by atoms with E-state index in [1.54, 1.807) is 12.1 Å². The minimum atomic E-state index is -4.53. The lowest BCUT2D eigenvalue weighted by Crippen LogP contribution is -2.56. The van der Waals surface area contributed by atoms with Crippen LogP contribution in [-0.4, -0.2) is 50.0 Å². The Morgan fingerprint density at radius 2 is 1.72 bits per heavy atom. The van der Waals surface area contributed by atoms with E-state index >= 15 is 0 Å². The topological polar surface area (TPSA) is 65.5 Å². The highest BCUT2D eigenvalue weighted by molar-refractivity contribution is 7.92. The van der Waals surface area contributed by atoms with Gasteiger partial charge in [-0.05, 0) is 50.2 Å². The molecule has 2 atom stereocenters. The van der Waals surface area contributed by atoms with Crippen LogP contribution in [0, 0.1) is 0 Å². The molecule has 32 heavy (non-hydrogen) atoms. The fraction of sp³-hybridized carbons (Fsp3) is 0.381. The Hall–Kier alpha value is -2.30. The van der Waals surface area contributed by atoms with Crippen LogP contribution in [0.2, 0.25) is 0 Å². The van der Waals surface area contributed by atoms with Crippen molar-refractivity contribution in [3.05, 3.63) is 60.8 Å². The van der Waals surface area contributed by atoms with E-state index in [1.165, 1.54) is 6.20 Å². The summed E-state index contributed by atoms with van der Waals surface area (Å²) in [6.07, 6.45) is -1.23. The number of halogens is 4. The standard InChI is InChI=1S/C21H25F3N4O2S.ClH/c1-4-11-28-15(2)13-27(14-16(28)3)20-10-7-18(12-25-20)26-31(29,30)19-8-5-17(6-9-19)21(22,23)24;/h4-10,12,15-16,26H,1,11,13-14H2,2-3H3;1H. The van der Waals surface area contributed by atoms with Crippen molar-refractivity contribution in [2.24, 2.45) is 0 Å². The number of hydrogen-bond donors (Lipinski definition) is 1. The Kier molecular flexibility index (Phi) is 8.19. The summed E-state index contributed by atoms with van der Waals surface area (Å²) in [5, 5.41) is 0. The summed E-state index contributed by atoms with van der Waals surface area (Å²) in [6.45, 7) is 10.5. The fourth-order valence-electron chi connectivity index (χ4n) is 3.72. The molecule has 2 heterocycles. The molecule has 1 saturated heterocycles. The van der Waals surface area contributed by atoms with Gasteiger partial charge in [0.15, 0.2) is 0 Å². The maximum Gasteiger partial charge on any atom is 0.416 e. The molecule has 2 aromatic rings. The fourth-order valence-corrected chi connectivity index (χ4v) is 4.77. The summed E-state index contributed by atoms with van der Waals surface area (Å²) in [4.78, 5) is 8.62. The van der Waals surface area contributed by atoms with Gasteiger partial charge in [-0.1, -0.05) is 6.08 Å². The predicted molar refractivity (Wildman–Crippen MR) is 122 cm³/mol. The number of benzene rings is 1. The molecule has 1 aliphatic heterocycles. The van der Waals surface area contributed by atoms with Crippen LogP contribution in [0.4, 0.5) is 24.7 Å². The van der Waals surface area contributed by atoms with E-state index in [-0.39, 0.29) is 23.0 Å². The summed E-state index contributed by atoms with van der Waals surface area (Å²) in [5.41, 5.74) is -0.677. The third kappa shape index (κ3) is 5.93. The van der Waals surface area contributed by atoms with Crippen LogP contribution in [0.3, 0.4) is 0 Å². The molecule has 0 saturated carbocycles. The van der Waals surface area contributed by atoms with E-state index in [9.17, 15) is 21.6 Å². The SMILES string of the molecule is C=CCN1C(C)CN(c2ccc(NS(=O)(=O)c3ccc(C(F)(F)F)cc3)cn2)CC1C.Cl. The number of sulfonamides is 1. The lowest BCUT2D eigenvalue weighted by atomic mass is 10.1. The van der Waals surface area contributed by atoms with Crippen molar-refractivity contribution in [3.63, 3.8) is 0 Å². The van der Waals surface area contributed by atoms with Crippen LogP contribution in [0.15, 0.2) is 60.1 Å². The van der Waals surface area contributed by atoms with Crippen molar-refractivity contribution in [2.45, 2.75) is 37.0 Å². The second-order valence-corrected chi connectivity index (χ2v) is 9.30. The highest BCUT2D eigenvalue weighted by Crippen LogP contribution is 2.30. The third-order valence-electron chi connectivity index (χ3n) is 5.26. The number of rotatable bonds is 6. The highest BCUT2D eigenvalue weighted by atomic mass is 35.5. The Morgan fingerprint density at radius 1 is 1.12 bits per heavy atom. The summed E-state index contributed by atoms with van der Waals surface area (Å²) >= 11 is 0. The van der Waals surface area contributed by atoms with E-state index in [2.05, 4.69) is 39.9 Å². The molecule has 1 N–H and O–H groups in total. The maximum absolute atomic E-state index is 12.7. The molecule has 0 radical (unpaired) electrons. The first kappa shape index (κ1) is 26.0. The lowest BCUT2D eigenvalue weighted by molar-refractivity contribution is -0.137. The predicted octanol–water partition coefficient (Wildman–Crippen LogP) is 4.41. The van der Waals surface area contributed by atoms with E-state index < -0.39 is 21.8 Å². The van der Waals surface area contributed by atoms with Gasteiger partial charge in [0.1, 0.15) is 5.82 Å². The average Bonchev–Trinajstić information content (AvgIpc) is 2.70. The number of aromatic nitrogens is 1. The van der Waals surface area contributed by atoms with Crippen molar-refractivity contribution in [3.8, 4) is 0 Å². The lowest BCUT2D eigenvalue weighted by Gasteiger charge is -2.44. The quantitative estimate of drug-likeness (QED) is 0.608. The molecule has 6 nitrogen and oxygen atoms in total. The number of piperazine rings is 1. The molecular weight excluding hydrogens is 465 g/mol. The molecule has 3 rings (SSSR count). The van der Waals surface area contributed by atoms with Gasteiger partial charge >= 0.3 is 6.18 Å². The van der Waals surface area contributed by atoms with Gasteiger partial charge in [-0.2, -0.15) is 13.2 Å². The smallest absolute Gasteiger partial charge is 0.354 e. The van der Waals surface area contributed by atoms with Gasteiger partial charge < -0.3 is 4.90 Å². The van der Waals surface area contributed by atoms with Gasteiger partial charge in [-0.3, -0.25) is 9.62 Å². The molecule has 0 bridgehead atoms. The first-order valence-electron chi connectivity index (χ1n) is 9.79. The van der Waals surface area contributed by atoms with Gasteiger partial charge in [0, 0.05) is 31.7 Å². The molecule has 176 valence electrons. The molecule has 2 unspecified atom stereocenters. The van der Waals surface area contributed by atoms with Crippen LogP contribution in [-0.2, 0) is 16.2 Å². The van der Waals surface area contributed by atoms with Gasteiger partial charge in [0.05, 0.1) is 22.3 Å². The van der Waals surface area contributed by atoms with Crippen molar-refractivity contribution < 1.29 is 21.6 Å². The van der Waals surface area contributed by atoms with Gasteiger partial charge in [-0.25, -0.2) is 13.4 Å². The van der Waals surface area contributed by atoms with Gasteiger partial charge in [0.25, 0.3) is 10.0 Å². The first-order valence-corrected chi connectivity index (χ1v) is 11.3. The Morgan fingerprint density at radius 3 is 2.19 bits per heavy atom. The monoisotopic (exact) mass is 490 g/mol. The van der Waals surface area contributed by atoms with Crippen LogP contribution in [0.5, 0.6) is 0 Å². The number of alkyl halides is 3. The second kappa shape index (κ2) is 10.1. The Balaban J connectivity index is 0.00000363. The minimum absolute atomic E-state index is 0. The zero-order chi connectivity index (χ0) is 22.8. The molecule has 0 aliphatic carbocycles. The molecule has 1 aromatic heterocycles. The van der Waals surface area contributed by atoms with E-state index in [4.69, 9.17) is 0 Å². The van der Waals surface area contributed by atoms with Crippen molar-refractivity contribution in [1.82, 2.24) is 9.88 Å². The molecule has 0 amide bonds. The Labute approximate surface area is 192 Å². The number of nitrogens with one attached hydrogen (secondary N) is 1. The second-order valence-electron chi connectivity index (χ2n) is 7.62. The highest BCUT2D eigenvalue weighted by Gasteiger charge is 2.31. The molecule has 1 aromatic carbocycles. The third-order valence-corrected chi connectivity index (χ3v) is 6.65. The number of nitrogens with zero attached hydrogens (tertiary/aromatic N) is 3. The van der Waals surface area contributed by atoms with Crippen molar-refractivity contribution in [1.29, 1.82) is 0 Å². The van der Waals surface area contributed by atoms with Gasteiger partial charge in [0.2, 0.25) is 0 Å². The van der Waals surface area contributed by atoms with Crippen LogP contribution >= 0.6 is 12.4 Å². The zero-order valence-electron chi connectivity index (χ0n) is 17.7. The summed E-state index contributed by atoms with van der Waals surface area (Å²) in [7, 11) is -4.03. The minimum Gasteiger partial charge on any atom is -0.354 e. The van der Waals surface area contributed by atoms with Gasteiger partial charge in [-0.15, -0.1) is 19.0 Å². The summed E-state index contributed by atoms with van der Waals surface area (Å²) in [5.74, 6) is 0.731. The number of pyridine rings is 1. The summed E-state index contributed by atoms with van der Waals surface area (Å²) in [6, 6.07) is 7.27. The molecule has 11 heteroatoms.